The number of methoxy groups -OCH3 is 1. The van der Waals surface area contributed by atoms with Crippen LogP contribution >= 0.6 is 0 Å². The number of benzene rings is 3. The highest BCUT2D eigenvalue weighted by Gasteiger charge is 2.12. The normalized spacial score (nSPS) is 10.7. The largest absolute Gasteiger partial charge is 0.497 e. The van der Waals surface area contributed by atoms with Gasteiger partial charge in [-0.25, -0.2) is 9.78 Å². The molecule has 3 aromatic carbocycles. The van der Waals surface area contributed by atoms with Crippen LogP contribution in [0.2, 0.25) is 0 Å². The van der Waals surface area contributed by atoms with Crippen molar-refractivity contribution in [1.82, 2.24) is 4.98 Å². The molecule has 0 aliphatic carbocycles. The van der Waals surface area contributed by atoms with E-state index < -0.39 is 5.97 Å². The van der Waals surface area contributed by atoms with E-state index in [1.165, 1.54) is 0 Å². The highest BCUT2D eigenvalue weighted by atomic mass is 16.5. The number of esters is 1. The van der Waals surface area contributed by atoms with Gasteiger partial charge in [0.1, 0.15) is 17.0 Å². The zero-order chi connectivity index (χ0) is 17.9. The zero-order valence-electron chi connectivity index (χ0n) is 14.0. The van der Waals surface area contributed by atoms with E-state index in [4.69, 9.17) is 13.9 Å². The molecular formula is C21H15NO4. The fourth-order valence-electron chi connectivity index (χ4n) is 2.57. The molecule has 26 heavy (non-hydrogen) atoms. The van der Waals surface area contributed by atoms with E-state index in [-0.39, 0.29) is 0 Å². The molecule has 5 heteroatoms. The van der Waals surface area contributed by atoms with Crippen LogP contribution in [0.4, 0.5) is 0 Å². The van der Waals surface area contributed by atoms with Gasteiger partial charge in [0.25, 0.3) is 0 Å². The van der Waals surface area contributed by atoms with E-state index >= 15 is 0 Å². The monoisotopic (exact) mass is 345 g/mol. The summed E-state index contributed by atoms with van der Waals surface area (Å²) < 4.78 is 16.3. The van der Waals surface area contributed by atoms with Crippen LogP contribution in [-0.2, 0) is 0 Å². The molecule has 1 aromatic heterocycles. The van der Waals surface area contributed by atoms with Crippen molar-refractivity contribution in [2.75, 3.05) is 7.11 Å². The number of nitrogens with zero attached hydrogens (tertiary/aromatic N) is 1. The van der Waals surface area contributed by atoms with Crippen molar-refractivity contribution < 1.29 is 18.7 Å². The van der Waals surface area contributed by atoms with E-state index in [0.29, 0.717) is 34.1 Å². The van der Waals surface area contributed by atoms with Gasteiger partial charge in [-0.3, -0.25) is 0 Å². The second-order valence-corrected chi connectivity index (χ2v) is 5.63. The van der Waals surface area contributed by atoms with Crippen molar-refractivity contribution in [3.8, 4) is 23.0 Å². The summed E-state index contributed by atoms with van der Waals surface area (Å²) in [4.78, 5) is 16.7. The number of aromatic nitrogens is 1. The van der Waals surface area contributed by atoms with Gasteiger partial charge in [0.05, 0.1) is 12.7 Å². The lowest BCUT2D eigenvalue weighted by Gasteiger charge is -2.05. The SMILES string of the molecule is COc1ccc(C(=O)Oc2ccc3nc(-c4ccccc4)oc3c2)cc1. The maximum atomic E-state index is 12.3. The Morgan fingerprint density at radius 2 is 1.65 bits per heavy atom. The number of carbonyl (C=O) groups is 1. The number of rotatable bonds is 4. The molecule has 0 fully saturated rings. The molecule has 0 radical (unpaired) electrons. The Morgan fingerprint density at radius 3 is 2.38 bits per heavy atom. The van der Waals surface area contributed by atoms with Gasteiger partial charge in [-0.15, -0.1) is 0 Å². The lowest BCUT2D eigenvalue weighted by atomic mass is 10.2. The summed E-state index contributed by atoms with van der Waals surface area (Å²) in [5, 5.41) is 0. The minimum atomic E-state index is -0.449. The third-order valence-corrected chi connectivity index (χ3v) is 3.92. The van der Waals surface area contributed by atoms with Crippen LogP contribution in [0, 0.1) is 0 Å². The third kappa shape index (κ3) is 3.15. The molecule has 5 nitrogen and oxygen atoms in total. The summed E-state index contributed by atoms with van der Waals surface area (Å²) in [5.74, 6) is 1.15. The summed E-state index contributed by atoms with van der Waals surface area (Å²) in [6.07, 6.45) is 0. The Bertz CT molecular complexity index is 1050. The van der Waals surface area contributed by atoms with E-state index in [0.717, 1.165) is 5.56 Å². The highest BCUT2D eigenvalue weighted by Crippen LogP contribution is 2.27. The second kappa shape index (κ2) is 6.72. The predicted octanol–water partition coefficient (Wildman–Crippen LogP) is 4.72. The number of oxazole rings is 1. The van der Waals surface area contributed by atoms with Crippen molar-refractivity contribution in [3.05, 3.63) is 78.4 Å². The van der Waals surface area contributed by atoms with Crippen molar-refractivity contribution in [2.24, 2.45) is 0 Å². The third-order valence-electron chi connectivity index (χ3n) is 3.92. The molecule has 0 amide bonds. The van der Waals surface area contributed by atoms with E-state index in [2.05, 4.69) is 4.98 Å². The Kier molecular flexibility index (Phi) is 4.11. The molecule has 4 aromatic rings. The summed E-state index contributed by atoms with van der Waals surface area (Å²) in [6.45, 7) is 0. The predicted molar refractivity (Wildman–Crippen MR) is 97.4 cm³/mol. The van der Waals surface area contributed by atoms with Gasteiger partial charge in [-0.2, -0.15) is 0 Å². The summed E-state index contributed by atoms with van der Waals surface area (Å²) in [7, 11) is 1.57. The van der Waals surface area contributed by atoms with Gasteiger partial charge in [0.15, 0.2) is 5.58 Å². The Hall–Kier alpha value is -3.60. The average molecular weight is 345 g/mol. The van der Waals surface area contributed by atoms with Gasteiger partial charge in [-0.1, -0.05) is 18.2 Å². The molecule has 1 heterocycles. The summed E-state index contributed by atoms with van der Waals surface area (Å²) >= 11 is 0. The molecule has 0 spiro atoms. The van der Waals surface area contributed by atoms with Crippen LogP contribution in [0.25, 0.3) is 22.6 Å². The maximum absolute atomic E-state index is 12.3. The maximum Gasteiger partial charge on any atom is 0.343 e. The van der Waals surface area contributed by atoms with Crippen LogP contribution in [0.5, 0.6) is 11.5 Å². The first kappa shape index (κ1) is 15.9. The van der Waals surface area contributed by atoms with Gasteiger partial charge >= 0.3 is 5.97 Å². The van der Waals surface area contributed by atoms with Crippen molar-refractivity contribution in [2.45, 2.75) is 0 Å². The van der Waals surface area contributed by atoms with Crippen LogP contribution in [0.1, 0.15) is 10.4 Å². The van der Waals surface area contributed by atoms with E-state index in [1.807, 2.05) is 30.3 Å². The topological polar surface area (TPSA) is 61.6 Å². The molecule has 128 valence electrons. The second-order valence-electron chi connectivity index (χ2n) is 5.63. The molecule has 0 bridgehead atoms. The fourth-order valence-corrected chi connectivity index (χ4v) is 2.57. The molecule has 0 saturated carbocycles. The lowest BCUT2D eigenvalue weighted by Crippen LogP contribution is -2.08. The van der Waals surface area contributed by atoms with Crippen LogP contribution in [0.15, 0.2) is 77.2 Å². The minimum absolute atomic E-state index is 0.397. The number of hydrogen-bond acceptors (Lipinski definition) is 5. The van der Waals surface area contributed by atoms with Gasteiger partial charge < -0.3 is 13.9 Å². The van der Waals surface area contributed by atoms with Crippen molar-refractivity contribution in [1.29, 1.82) is 0 Å². The van der Waals surface area contributed by atoms with Crippen LogP contribution in [-0.4, -0.2) is 18.1 Å². The minimum Gasteiger partial charge on any atom is -0.497 e. The van der Waals surface area contributed by atoms with Crippen LogP contribution in [0.3, 0.4) is 0 Å². The molecule has 0 aliphatic rings. The quantitative estimate of drug-likeness (QED) is 0.395. The molecule has 0 N–H and O–H groups in total. The van der Waals surface area contributed by atoms with Gasteiger partial charge in [0.2, 0.25) is 5.89 Å². The number of fused-ring (bicyclic) bond motifs is 1. The summed E-state index contributed by atoms with van der Waals surface area (Å²) in [5.41, 5.74) is 2.59. The first-order valence-corrected chi connectivity index (χ1v) is 8.05. The Balaban J connectivity index is 1.58. The Morgan fingerprint density at radius 1 is 0.923 bits per heavy atom. The first-order valence-electron chi connectivity index (χ1n) is 8.05. The van der Waals surface area contributed by atoms with Gasteiger partial charge in [0, 0.05) is 11.6 Å². The smallest absolute Gasteiger partial charge is 0.343 e. The Labute approximate surface area is 149 Å². The number of carbonyl (C=O) groups excluding carboxylic acids is 1. The number of ether oxygens (including phenoxy) is 2. The molecule has 0 aliphatic heterocycles. The molecule has 0 atom stereocenters. The first-order chi connectivity index (χ1) is 12.7. The summed E-state index contributed by atoms with van der Waals surface area (Å²) in [6, 6.07) is 21.5. The molecule has 0 unspecified atom stereocenters. The standard InChI is InChI=1S/C21H15NO4/c1-24-16-9-7-15(8-10-16)21(23)25-17-11-12-18-19(13-17)26-20(22-18)14-5-3-2-4-6-14/h2-13H,1H3. The van der Waals surface area contributed by atoms with Gasteiger partial charge in [-0.05, 0) is 48.5 Å². The van der Waals surface area contributed by atoms with Crippen molar-refractivity contribution >= 4 is 17.1 Å². The lowest BCUT2D eigenvalue weighted by molar-refractivity contribution is 0.0735. The fraction of sp³-hybridized carbons (Fsp3) is 0.0476. The van der Waals surface area contributed by atoms with E-state index in [9.17, 15) is 4.79 Å². The highest BCUT2D eigenvalue weighted by molar-refractivity contribution is 5.91. The van der Waals surface area contributed by atoms with Crippen LogP contribution < -0.4 is 9.47 Å². The molecule has 4 rings (SSSR count). The zero-order valence-corrected chi connectivity index (χ0v) is 14.0. The number of hydrogen-bond donors (Lipinski definition) is 0. The molecular weight excluding hydrogens is 330 g/mol. The molecule has 0 saturated heterocycles. The van der Waals surface area contributed by atoms with Crippen molar-refractivity contribution in [3.63, 3.8) is 0 Å². The van der Waals surface area contributed by atoms with E-state index in [1.54, 1.807) is 49.6 Å². The average Bonchev–Trinajstić information content (AvgIpc) is 3.12.